The molecule has 0 aliphatic carbocycles. The summed E-state index contributed by atoms with van der Waals surface area (Å²) in [7, 11) is 0. The summed E-state index contributed by atoms with van der Waals surface area (Å²) in [6.07, 6.45) is 3.28. The average molecular weight is 390 g/mol. The molecule has 0 aliphatic heterocycles. The number of aromatic nitrogens is 5. The molecule has 29 heavy (non-hydrogen) atoms. The first-order chi connectivity index (χ1) is 14.1. The zero-order valence-electron chi connectivity index (χ0n) is 14.7. The fraction of sp³-hybridized carbons (Fsp3) is 0. The van der Waals surface area contributed by atoms with Crippen molar-refractivity contribution in [2.45, 2.75) is 0 Å². The van der Waals surface area contributed by atoms with Crippen LogP contribution in [-0.2, 0) is 0 Å². The molecular weight excluding hydrogens is 378 g/mol. The number of anilines is 1. The highest BCUT2D eigenvalue weighted by Crippen LogP contribution is 2.29. The van der Waals surface area contributed by atoms with Gasteiger partial charge in [-0.25, -0.2) is 18.3 Å². The number of benzene rings is 1. The lowest BCUT2D eigenvalue weighted by Gasteiger charge is -2.05. The van der Waals surface area contributed by atoms with Gasteiger partial charge in [-0.2, -0.15) is 10.2 Å². The van der Waals surface area contributed by atoms with Gasteiger partial charge in [-0.15, -0.1) is 0 Å². The Hall–Kier alpha value is -4.14. The number of fused-ring (bicyclic) bond motifs is 2. The number of nitrogens with one attached hydrogen (secondary N) is 2. The summed E-state index contributed by atoms with van der Waals surface area (Å²) in [5.74, 6) is -1.89. The number of carbonyl (C=O) groups is 1. The molecule has 2 N–H and O–H groups in total. The highest BCUT2D eigenvalue weighted by molar-refractivity contribution is 6.07. The van der Waals surface area contributed by atoms with Crippen LogP contribution in [0.4, 0.5) is 14.6 Å². The highest BCUT2D eigenvalue weighted by Gasteiger charge is 2.19. The van der Waals surface area contributed by atoms with E-state index >= 15 is 0 Å². The van der Waals surface area contributed by atoms with Crippen LogP contribution in [0.2, 0.25) is 0 Å². The molecule has 0 unspecified atom stereocenters. The van der Waals surface area contributed by atoms with Gasteiger partial charge in [-0.1, -0.05) is 18.2 Å². The van der Waals surface area contributed by atoms with Gasteiger partial charge in [-0.05, 0) is 30.3 Å². The van der Waals surface area contributed by atoms with Crippen molar-refractivity contribution < 1.29 is 13.6 Å². The van der Waals surface area contributed by atoms with Crippen molar-refractivity contribution in [3.63, 3.8) is 0 Å². The Morgan fingerprint density at radius 1 is 1.07 bits per heavy atom. The smallest absolute Gasteiger partial charge is 0.259 e. The van der Waals surface area contributed by atoms with Gasteiger partial charge in [0.1, 0.15) is 11.5 Å². The molecule has 1 aromatic carbocycles. The normalized spacial score (nSPS) is 11.2. The second-order valence-corrected chi connectivity index (χ2v) is 6.31. The third kappa shape index (κ3) is 2.80. The molecular formula is C20H12F2N6O. The summed E-state index contributed by atoms with van der Waals surface area (Å²) in [6, 6.07) is 12.2. The van der Waals surface area contributed by atoms with E-state index in [1.165, 1.54) is 30.5 Å². The lowest BCUT2D eigenvalue weighted by atomic mass is 10.1. The lowest BCUT2D eigenvalue weighted by Crippen LogP contribution is -2.14. The molecule has 5 rings (SSSR count). The van der Waals surface area contributed by atoms with E-state index in [0.717, 1.165) is 0 Å². The first-order valence-corrected chi connectivity index (χ1v) is 8.65. The predicted octanol–water partition coefficient (Wildman–Crippen LogP) is 3.80. The Labute approximate surface area is 162 Å². The summed E-state index contributed by atoms with van der Waals surface area (Å²) in [4.78, 5) is 16.6. The van der Waals surface area contributed by atoms with Crippen molar-refractivity contribution >= 4 is 28.3 Å². The van der Waals surface area contributed by atoms with Crippen LogP contribution in [0.3, 0.4) is 0 Å². The van der Waals surface area contributed by atoms with E-state index in [4.69, 9.17) is 0 Å². The highest BCUT2D eigenvalue weighted by atomic mass is 19.1. The van der Waals surface area contributed by atoms with Crippen LogP contribution in [0.5, 0.6) is 0 Å². The van der Waals surface area contributed by atoms with Gasteiger partial charge >= 0.3 is 0 Å². The van der Waals surface area contributed by atoms with Gasteiger partial charge < -0.3 is 5.32 Å². The monoisotopic (exact) mass is 390 g/mol. The molecule has 0 saturated heterocycles. The number of halogens is 2. The maximum absolute atomic E-state index is 14.9. The number of rotatable bonds is 3. The molecule has 9 heteroatoms. The van der Waals surface area contributed by atoms with Crippen LogP contribution < -0.4 is 5.32 Å². The summed E-state index contributed by atoms with van der Waals surface area (Å²) in [5, 5.41) is 13.6. The third-order valence-corrected chi connectivity index (χ3v) is 4.54. The van der Waals surface area contributed by atoms with Crippen LogP contribution in [0.1, 0.15) is 10.4 Å². The molecule has 1 amide bonds. The lowest BCUT2D eigenvalue weighted by molar-refractivity contribution is 0.102. The molecule has 0 aliphatic rings. The topological polar surface area (TPSA) is 88.0 Å². The van der Waals surface area contributed by atoms with Crippen LogP contribution in [0.15, 0.2) is 60.9 Å². The van der Waals surface area contributed by atoms with Crippen LogP contribution >= 0.6 is 0 Å². The van der Waals surface area contributed by atoms with E-state index in [2.05, 4.69) is 25.6 Å². The number of hydrogen-bond acceptors (Lipinski definition) is 4. The fourth-order valence-electron chi connectivity index (χ4n) is 3.15. The molecule has 7 nitrogen and oxygen atoms in total. The van der Waals surface area contributed by atoms with E-state index in [9.17, 15) is 13.6 Å². The van der Waals surface area contributed by atoms with E-state index in [0.29, 0.717) is 11.1 Å². The number of aromatic amines is 1. The zero-order chi connectivity index (χ0) is 20.0. The molecule has 4 heterocycles. The molecule has 0 saturated carbocycles. The van der Waals surface area contributed by atoms with Crippen molar-refractivity contribution in [1.82, 2.24) is 24.8 Å². The van der Waals surface area contributed by atoms with Crippen molar-refractivity contribution in [2.24, 2.45) is 0 Å². The van der Waals surface area contributed by atoms with Crippen molar-refractivity contribution in [1.29, 1.82) is 0 Å². The standard InChI is InChI=1S/C20H12F2N6O/c21-14-6-2-1-5-11(14)20(29)25-19-12-9-15(22)17(24-18(12)26-27-19)13-10-23-28-8-4-3-7-16(13)28/h1-10H,(H2,24,25,26,27,29). The third-order valence-electron chi connectivity index (χ3n) is 4.54. The van der Waals surface area contributed by atoms with Gasteiger partial charge in [0, 0.05) is 11.8 Å². The first-order valence-electron chi connectivity index (χ1n) is 8.65. The largest absolute Gasteiger partial charge is 0.304 e. The Bertz CT molecular complexity index is 1390. The fourth-order valence-corrected chi connectivity index (χ4v) is 3.15. The quantitative estimate of drug-likeness (QED) is 0.490. The minimum Gasteiger partial charge on any atom is -0.304 e. The second-order valence-electron chi connectivity index (χ2n) is 6.31. The minimum atomic E-state index is -0.691. The van der Waals surface area contributed by atoms with Gasteiger partial charge in [0.25, 0.3) is 5.91 Å². The number of hydrogen-bond donors (Lipinski definition) is 2. The van der Waals surface area contributed by atoms with E-state index < -0.39 is 17.5 Å². The van der Waals surface area contributed by atoms with Gasteiger partial charge in [0.05, 0.1) is 22.7 Å². The van der Waals surface area contributed by atoms with Gasteiger partial charge in [0.15, 0.2) is 17.3 Å². The van der Waals surface area contributed by atoms with E-state index in [1.54, 1.807) is 22.8 Å². The van der Waals surface area contributed by atoms with Crippen molar-refractivity contribution in [3.05, 3.63) is 78.1 Å². The van der Waals surface area contributed by atoms with Crippen molar-refractivity contribution in [3.8, 4) is 11.3 Å². The Balaban J connectivity index is 1.55. The molecule has 5 aromatic rings. The molecule has 0 bridgehead atoms. The van der Waals surface area contributed by atoms with Crippen molar-refractivity contribution in [2.75, 3.05) is 5.32 Å². The SMILES string of the molecule is O=C(Nc1n[nH]c2nc(-c3cnn4ccccc34)c(F)cc12)c1ccccc1F. The molecule has 0 radical (unpaired) electrons. The number of pyridine rings is 2. The summed E-state index contributed by atoms with van der Waals surface area (Å²) >= 11 is 0. The Morgan fingerprint density at radius 2 is 1.90 bits per heavy atom. The van der Waals surface area contributed by atoms with Crippen LogP contribution in [-0.4, -0.2) is 30.7 Å². The number of H-pyrrole nitrogens is 1. The van der Waals surface area contributed by atoms with E-state index in [1.807, 2.05) is 12.1 Å². The molecule has 0 atom stereocenters. The average Bonchev–Trinajstić information content (AvgIpc) is 3.32. The summed E-state index contributed by atoms with van der Waals surface area (Å²) in [6.45, 7) is 0. The molecule has 0 spiro atoms. The number of carbonyl (C=O) groups excluding carboxylic acids is 1. The first kappa shape index (κ1) is 17.0. The molecule has 142 valence electrons. The zero-order valence-corrected chi connectivity index (χ0v) is 14.7. The van der Waals surface area contributed by atoms with Crippen LogP contribution in [0, 0.1) is 11.6 Å². The maximum Gasteiger partial charge on any atom is 0.259 e. The van der Waals surface area contributed by atoms with Gasteiger partial charge in [-0.3, -0.25) is 9.89 Å². The van der Waals surface area contributed by atoms with E-state index in [-0.39, 0.29) is 28.1 Å². The number of nitrogens with zero attached hydrogens (tertiary/aromatic N) is 4. The molecule has 4 aromatic heterocycles. The minimum absolute atomic E-state index is 0.0612. The maximum atomic E-state index is 14.9. The summed E-state index contributed by atoms with van der Waals surface area (Å²) < 4.78 is 30.3. The Morgan fingerprint density at radius 3 is 2.76 bits per heavy atom. The summed E-state index contributed by atoms with van der Waals surface area (Å²) in [5.41, 5.74) is 1.47. The predicted molar refractivity (Wildman–Crippen MR) is 102 cm³/mol. The Kier molecular flexibility index (Phi) is 3.80. The molecule has 0 fully saturated rings. The van der Waals surface area contributed by atoms with Gasteiger partial charge in [0.2, 0.25) is 0 Å². The number of amides is 1. The second kappa shape index (κ2) is 6.48. The van der Waals surface area contributed by atoms with Crippen LogP contribution in [0.25, 0.3) is 27.8 Å².